The maximum absolute atomic E-state index is 15.7. The van der Waals surface area contributed by atoms with Crippen LogP contribution < -0.4 is 20.4 Å². The van der Waals surface area contributed by atoms with Gasteiger partial charge in [0, 0.05) is 30.9 Å². The maximum atomic E-state index is 15.7. The van der Waals surface area contributed by atoms with Crippen molar-refractivity contribution in [2.24, 2.45) is 5.92 Å². The van der Waals surface area contributed by atoms with Crippen LogP contribution in [0.2, 0.25) is 5.02 Å². The predicted octanol–water partition coefficient (Wildman–Crippen LogP) is 5.38. The van der Waals surface area contributed by atoms with Crippen molar-refractivity contribution in [1.82, 2.24) is 9.88 Å². The Labute approximate surface area is 244 Å². The molecule has 1 amide bonds. The summed E-state index contributed by atoms with van der Waals surface area (Å²) in [4.78, 5) is 40.2. The number of halogens is 5. The van der Waals surface area contributed by atoms with Gasteiger partial charge in [0.25, 0.3) is 5.91 Å². The van der Waals surface area contributed by atoms with Crippen molar-refractivity contribution >= 4 is 40.1 Å². The first kappa shape index (κ1) is 31.1. The van der Waals surface area contributed by atoms with Crippen LogP contribution in [0, 0.1) is 18.7 Å². The molecule has 13 heteroatoms. The molecule has 1 aromatic heterocycles. The minimum Gasteiger partial charge on any atom is -0.492 e. The maximum Gasteiger partial charge on any atom is 0.406 e. The minimum atomic E-state index is -4.74. The number of carbonyl (C=O) groups is 2. The van der Waals surface area contributed by atoms with Gasteiger partial charge in [-0.05, 0) is 56.0 Å². The Balaban J connectivity index is 1.76. The number of amides is 1. The van der Waals surface area contributed by atoms with Crippen LogP contribution in [0.1, 0.15) is 41.3 Å². The Kier molecular flexibility index (Phi) is 9.34. The molecule has 8 nitrogen and oxygen atoms in total. The summed E-state index contributed by atoms with van der Waals surface area (Å²) >= 11 is 5.96. The molecule has 1 fully saturated rings. The summed E-state index contributed by atoms with van der Waals surface area (Å²) in [5, 5.41) is 2.61. The molecule has 1 N–H and O–H groups in total. The first-order valence-electron chi connectivity index (χ1n) is 13.3. The molecule has 2 aromatic carbocycles. The number of aryl methyl sites for hydroxylation is 1. The van der Waals surface area contributed by atoms with E-state index in [0.29, 0.717) is 28.0 Å². The fraction of sp³-hybridized carbons (Fsp3) is 0.414. The van der Waals surface area contributed by atoms with E-state index in [1.165, 1.54) is 7.11 Å². The lowest BCUT2D eigenvalue weighted by Crippen LogP contribution is -2.38. The van der Waals surface area contributed by atoms with Gasteiger partial charge in [-0.3, -0.25) is 14.4 Å². The molecule has 0 spiro atoms. The molecule has 0 radical (unpaired) electrons. The largest absolute Gasteiger partial charge is 0.492 e. The highest BCUT2D eigenvalue weighted by Crippen LogP contribution is 2.40. The topological polar surface area (TPSA) is 89.9 Å². The van der Waals surface area contributed by atoms with Crippen LogP contribution in [-0.2, 0) is 22.6 Å². The number of nitrogens with one attached hydrogen (secondary N) is 1. The second kappa shape index (κ2) is 12.6. The van der Waals surface area contributed by atoms with Crippen LogP contribution in [0.15, 0.2) is 35.3 Å². The van der Waals surface area contributed by atoms with Crippen molar-refractivity contribution in [3.8, 4) is 5.75 Å². The number of alkyl halides is 3. The minimum absolute atomic E-state index is 0.0169. The first-order valence-corrected chi connectivity index (χ1v) is 13.7. The number of hydrogen-bond acceptors (Lipinski definition) is 6. The predicted molar refractivity (Wildman–Crippen MR) is 150 cm³/mol. The number of aromatic nitrogens is 1. The number of rotatable bonds is 8. The SMILES string of the molecule is CCOC(=O)C1CCN(c2c(F)cc3c(=O)c(C(=O)NCc4ccc(Cl)cc4C)cn(CC(F)(F)F)c3c2OC)CC1. The van der Waals surface area contributed by atoms with Gasteiger partial charge >= 0.3 is 12.1 Å². The Morgan fingerprint density at radius 2 is 1.86 bits per heavy atom. The van der Waals surface area contributed by atoms with Crippen molar-refractivity contribution in [2.45, 2.75) is 46.0 Å². The van der Waals surface area contributed by atoms with Gasteiger partial charge in [0.05, 0.1) is 30.5 Å². The Morgan fingerprint density at radius 3 is 2.45 bits per heavy atom. The van der Waals surface area contributed by atoms with Gasteiger partial charge in [0.15, 0.2) is 11.6 Å². The lowest BCUT2D eigenvalue weighted by molar-refractivity contribution is -0.148. The summed E-state index contributed by atoms with van der Waals surface area (Å²) in [5.74, 6) is -2.85. The first-order chi connectivity index (χ1) is 19.8. The molecule has 1 aliphatic rings. The quantitative estimate of drug-likeness (QED) is 0.272. The average molecular weight is 612 g/mol. The molecule has 0 saturated carbocycles. The second-order valence-corrected chi connectivity index (χ2v) is 10.5. The summed E-state index contributed by atoms with van der Waals surface area (Å²) < 4.78 is 68.0. The smallest absolute Gasteiger partial charge is 0.406 e. The Hall–Kier alpha value is -3.80. The van der Waals surface area contributed by atoms with Crippen LogP contribution in [-0.4, -0.2) is 49.4 Å². The van der Waals surface area contributed by atoms with E-state index in [2.05, 4.69) is 5.32 Å². The molecule has 3 aromatic rings. The zero-order chi connectivity index (χ0) is 30.8. The monoisotopic (exact) mass is 611 g/mol. The number of ether oxygens (including phenoxy) is 2. The number of hydrogen-bond donors (Lipinski definition) is 1. The molecule has 1 aliphatic heterocycles. The number of anilines is 1. The van der Waals surface area contributed by atoms with Gasteiger partial charge in [0.2, 0.25) is 5.43 Å². The molecule has 0 aliphatic carbocycles. The van der Waals surface area contributed by atoms with Gasteiger partial charge in [-0.2, -0.15) is 13.2 Å². The third kappa shape index (κ3) is 6.64. The van der Waals surface area contributed by atoms with Crippen LogP contribution in [0.4, 0.5) is 23.2 Å². The third-order valence-corrected chi connectivity index (χ3v) is 7.45. The molecule has 1 saturated heterocycles. The van der Waals surface area contributed by atoms with Gasteiger partial charge in [-0.15, -0.1) is 0 Å². The van der Waals surface area contributed by atoms with Crippen molar-refractivity contribution in [1.29, 1.82) is 0 Å². The highest BCUT2D eigenvalue weighted by atomic mass is 35.5. The lowest BCUT2D eigenvalue weighted by atomic mass is 9.96. The number of esters is 1. The normalized spacial score (nSPS) is 14.2. The molecule has 0 bridgehead atoms. The number of piperidine rings is 1. The molecule has 226 valence electrons. The van der Waals surface area contributed by atoms with Gasteiger partial charge in [0.1, 0.15) is 17.8 Å². The molecule has 0 atom stereocenters. The second-order valence-electron chi connectivity index (χ2n) is 10.0. The number of fused-ring (bicyclic) bond motifs is 1. The standard InChI is InChI=1S/C29H30ClF4N3O5/c1-4-42-28(40)17-7-9-36(10-8-17)24-22(31)12-20-23(26(24)41-3)37(15-29(32,33)34)14-21(25(20)38)27(39)35-13-18-5-6-19(30)11-16(18)2/h5-6,11-12,14,17H,4,7-10,13,15H2,1-3H3,(H,35,39). The summed E-state index contributed by atoms with van der Waals surface area (Å²) in [6, 6.07) is 5.81. The van der Waals surface area contributed by atoms with Crippen molar-refractivity contribution < 1.29 is 36.6 Å². The van der Waals surface area contributed by atoms with E-state index in [1.807, 2.05) is 0 Å². The number of nitrogens with zero attached hydrogens (tertiary/aromatic N) is 2. The van der Waals surface area contributed by atoms with Crippen LogP contribution in [0.3, 0.4) is 0 Å². The number of carbonyl (C=O) groups excluding carboxylic acids is 2. The molecule has 2 heterocycles. The fourth-order valence-corrected chi connectivity index (χ4v) is 5.41. The average Bonchev–Trinajstić information content (AvgIpc) is 2.92. The van der Waals surface area contributed by atoms with E-state index < -0.39 is 46.7 Å². The fourth-order valence-electron chi connectivity index (χ4n) is 5.18. The Morgan fingerprint density at radius 1 is 1.17 bits per heavy atom. The van der Waals surface area contributed by atoms with Crippen molar-refractivity contribution in [3.63, 3.8) is 0 Å². The number of methoxy groups -OCH3 is 1. The Bertz CT molecular complexity index is 1570. The molecular weight excluding hydrogens is 582 g/mol. The van der Waals surface area contributed by atoms with Crippen LogP contribution >= 0.6 is 11.6 Å². The molecule has 0 unspecified atom stereocenters. The highest BCUT2D eigenvalue weighted by molar-refractivity contribution is 6.30. The summed E-state index contributed by atoms with van der Waals surface area (Å²) in [7, 11) is 1.17. The van der Waals surface area contributed by atoms with E-state index >= 15 is 4.39 Å². The summed E-state index contributed by atoms with van der Waals surface area (Å²) in [6.07, 6.45) is -3.25. The molecular formula is C29H30ClF4N3O5. The van der Waals surface area contributed by atoms with E-state index in [4.69, 9.17) is 21.1 Å². The number of benzene rings is 2. The molecule has 4 rings (SSSR count). The van der Waals surface area contributed by atoms with Crippen LogP contribution in [0.25, 0.3) is 10.9 Å². The van der Waals surface area contributed by atoms with Crippen molar-refractivity contribution in [3.05, 3.63) is 68.2 Å². The van der Waals surface area contributed by atoms with Gasteiger partial charge in [-0.1, -0.05) is 17.7 Å². The summed E-state index contributed by atoms with van der Waals surface area (Å²) in [6.45, 7) is 2.52. The molecule has 42 heavy (non-hydrogen) atoms. The lowest BCUT2D eigenvalue weighted by Gasteiger charge is -2.34. The van der Waals surface area contributed by atoms with Gasteiger partial charge in [-0.25, -0.2) is 4.39 Å². The van der Waals surface area contributed by atoms with Gasteiger partial charge < -0.3 is 24.3 Å². The van der Waals surface area contributed by atoms with Crippen molar-refractivity contribution in [2.75, 3.05) is 31.7 Å². The van der Waals surface area contributed by atoms with E-state index in [9.17, 15) is 27.6 Å². The van der Waals surface area contributed by atoms with E-state index in [0.717, 1.165) is 17.8 Å². The summed E-state index contributed by atoms with van der Waals surface area (Å²) in [5.41, 5.74) is -0.497. The van der Waals surface area contributed by atoms with Crippen LogP contribution in [0.5, 0.6) is 5.75 Å². The third-order valence-electron chi connectivity index (χ3n) is 7.22. The zero-order valence-electron chi connectivity index (χ0n) is 23.2. The highest BCUT2D eigenvalue weighted by Gasteiger charge is 2.34. The van der Waals surface area contributed by atoms with E-state index in [1.54, 1.807) is 36.9 Å². The van der Waals surface area contributed by atoms with E-state index in [-0.39, 0.29) is 49.2 Å². The zero-order valence-corrected chi connectivity index (χ0v) is 24.0. The number of pyridine rings is 1.